The highest BCUT2D eigenvalue weighted by Crippen LogP contribution is 2.32. The monoisotopic (exact) mass is 386 g/mol. The summed E-state index contributed by atoms with van der Waals surface area (Å²) in [6.45, 7) is 3.82. The Morgan fingerprint density at radius 3 is 2.29 bits per heavy atom. The van der Waals surface area contributed by atoms with Crippen LogP contribution in [0.2, 0.25) is 0 Å². The van der Waals surface area contributed by atoms with Gasteiger partial charge in [0.1, 0.15) is 11.3 Å². The highest BCUT2D eigenvalue weighted by molar-refractivity contribution is 6.02. The number of methoxy groups -OCH3 is 2. The number of hydrazone groups is 1. The van der Waals surface area contributed by atoms with Crippen LogP contribution in [0.3, 0.4) is 0 Å². The van der Waals surface area contributed by atoms with E-state index in [1.807, 2.05) is 13.8 Å². The number of aromatic carboxylic acids is 1. The van der Waals surface area contributed by atoms with E-state index in [0.29, 0.717) is 11.3 Å². The molecule has 0 aliphatic carbocycles. The summed E-state index contributed by atoms with van der Waals surface area (Å²) in [5.74, 6) is -0.628. The Bertz CT molecular complexity index is 875. The van der Waals surface area contributed by atoms with Gasteiger partial charge >= 0.3 is 5.97 Å². The van der Waals surface area contributed by atoms with Crippen molar-refractivity contribution >= 4 is 18.1 Å². The SMILES string of the molecule is COc1ccc(/C=N\NC(=O)c2ccc(OC(C)C)cc2)c(C(=O)O)c1OC. The van der Waals surface area contributed by atoms with E-state index < -0.39 is 11.9 Å². The summed E-state index contributed by atoms with van der Waals surface area (Å²) in [6, 6.07) is 9.68. The predicted molar refractivity (Wildman–Crippen MR) is 104 cm³/mol. The van der Waals surface area contributed by atoms with Crippen molar-refractivity contribution in [2.24, 2.45) is 5.10 Å². The minimum Gasteiger partial charge on any atom is -0.493 e. The fourth-order valence-corrected chi connectivity index (χ4v) is 2.45. The number of nitrogens with zero attached hydrogens (tertiary/aromatic N) is 1. The Morgan fingerprint density at radius 1 is 1.07 bits per heavy atom. The van der Waals surface area contributed by atoms with E-state index in [1.165, 1.54) is 26.5 Å². The first-order valence-corrected chi connectivity index (χ1v) is 8.45. The second-order valence-electron chi connectivity index (χ2n) is 5.96. The van der Waals surface area contributed by atoms with Gasteiger partial charge in [0.2, 0.25) is 0 Å². The van der Waals surface area contributed by atoms with Gasteiger partial charge in [-0.3, -0.25) is 4.79 Å². The van der Waals surface area contributed by atoms with Crippen molar-refractivity contribution < 1.29 is 28.9 Å². The second-order valence-corrected chi connectivity index (χ2v) is 5.96. The third kappa shape index (κ3) is 5.00. The fourth-order valence-electron chi connectivity index (χ4n) is 2.45. The maximum Gasteiger partial charge on any atom is 0.340 e. The number of amides is 1. The average molecular weight is 386 g/mol. The van der Waals surface area contributed by atoms with Crippen molar-refractivity contribution in [2.45, 2.75) is 20.0 Å². The maximum absolute atomic E-state index is 12.2. The van der Waals surface area contributed by atoms with Crippen molar-refractivity contribution in [3.63, 3.8) is 0 Å². The van der Waals surface area contributed by atoms with Gasteiger partial charge in [0.05, 0.1) is 26.5 Å². The first kappa shape index (κ1) is 20.8. The number of ether oxygens (including phenoxy) is 3. The zero-order valence-corrected chi connectivity index (χ0v) is 16.1. The van der Waals surface area contributed by atoms with Crippen LogP contribution in [0.4, 0.5) is 0 Å². The van der Waals surface area contributed by atoms with Crippen molar-refractivity contribution in [3.05, 3.63) is 53.1 Å². The van der Waals surface area contributed by atoms with Gasteiger partial charge < -0.3 is 19.3 Å². The normalized spacial score (nSPS) is 10.8. The topological polar surface area (TPSA) is 106 Å². The summed E-state index contributed by atoms with van der Waals surface area (Å²) in [5.41, 5.74) is 2.89. The second kappa shape index (κ2) is 9.40. The van der Waals surface area contributed by atoms with Crippen LogP contribution in [0.5, 0.6) is 17.2 Å². The van der Waals surface area contributed by atoms with Crippen molar-refractivity contribution in [3.8, 4) is 17.2 Å². The van der Waals surface area contributed by atoms with E-state index in [0.717, 1.165) is 0 Å². The molecule has 148 valence electrons. The van der Waals surface area contributed by atoms with Crippen LogP contribution in [0.25, 0.3) is 0 Å². The van der Waals surface area contributed by atoms with Gasteiger partial charge in [0.15, 0.2) is 11.5 Å². The molecule has 2 N–H and O–H groups in total. The minimum atomic E-state index is -1.20. The highest BCUT2D eigenvalue weighted by Gasteiger charge is 2.20. The van der Waals surface area contributed by atoms with Crippen LogP contribution in [0, 0.1) is 0 Å². The molecular weight excluding hydrogens is 364 g/mol. The average Bonchev–Trinajstić information content (AvgIpc) is 2.67. The molecule has 8 heteroatoms. The van der Waals surface area contributed by atoms with Crippen LogP contribution in [-0.4, -0.2) is 43.5 Å². The highest BCUT2D eigenvalue weighted by atomic mass is 16.5. The smallest absolute Gasteiger partial charge is 0.340 e. The molecule has 0 radical (unpaired) electrons. The molecule has 0 atom stereocenters. The molecule has 0 saturated heterocycles. The van der Waals surface area contributed by atoms with Gasteiger partial charge in [-0.25, -0.2) is 10.2 Å². The minimum absolute atomic E-state index is 0.0363. The van der Waals surface area contributed by atoms with E-state index >= 15 is 0 Å². The van der Waals surface area contributed by atoms with E-state index in [9.17, 15) is 14.7 Å². The molecule has 2 rings (SSSR count). The van der Waals surface area contributed by atoms with Crippen molar-refractivity contribution in [2.75, 3.05) is 14.2 Å². The Labute approximate surface area is 162 Å². The van der Waals surface area contributed by atoms with E-state index in [4.69, 9.17) is 14.2 Å². The zero-order valence-electron chi connectivity index (χ0n) is 16.1. The number of carbonyl (C=O) groups excluding carboxylic acids is 1. The van der Waals surface area contributed by atoms with Gasteiger partial charge in [-0.05, 0) is 50.2 Å². The quantitative estimate of drug-likeness (QED) is 0.534. The largest absolute Gasteiger partial charge is 0.493 e. The van der Waals surface area contributed by atoms with E-state index in [-0.39, 0.29) is 28.7 Å². The van der Waals surface area contributed by atoms with Gasteiger partial charge in [-0.2, -0.15) is 5.10 Å². The summed E-state index contributed by atoms with van der Waals surface area (Å²) < 4.78 is 15.8. The molecule has 0 aliphatic rings. The summed E-state index contributed by atoms with van der Waals surface area (Å²) in [6.07, 6.45) is 1.27. The van der Waals surface area contributed by atoms with Gasteiger partial charge in [-0.15, -0.1) is 0 Å². The molecule has 0 aliphatic heterocycles. The van der Waals surface area contributed by atoms with Crippen LogP contribution in [0.15, 0.2) is 41.5 Å². The summed E-state index contributed by atoms with van der Waals surface area (Å²) >= 11 is 0. The number of benzene rings is 2. The van der Waals surface area contributed by atoms with Crippen LogP contribution in [0.1, 0.15) is 40.1 Å². The van der Waals surface area contributed by atoms with Crippen molar-refractivity contribution in [1.82, 2.24) is 5.43 Å². The first-order valence-electron chi connectivity index (χ1n) is 8.45. The molecule has 0 aromatic heterocycles. The molecule has 0 spiro atoms. The van der Waals surface area contributed by atoms with Gasteiger partial charge in [0, 0.05) is 11.1 Å². The summed E-state index contributed by atoms with van der Waals surface area (Å²) in [7, 11) is 2.76. The lowest BCUT2D eigenvalue weighted by molar-refractivity contribution is 0.0692. The lowest BCUT2D eigenvalue weighted by atomic mass is 10.1. The van der Waals surface area contributed by atoms with E-state index in [2.05, 4.69) is 10.5 Å². The number of carboxylic acid groups (broad SMARTS) is 1. The van der Waals surface area contributed by atoms with Gasteiger partial charge in [0.25, 0.3) is 5.91 Å². The summed E-state index contributed by atoms with van der Waals surface area (Å²) in [4.78, 5) is 23.8. The molecule has 0 fully saturated rings. The van der Waals surface area contributed by atoms with Crippen LogP contribution in [-0.2, 0) is 0 Å². The Kier molecular flexibility index (Phi) is 6.97. The number of hydrogen-bond acceptors (Lipinski definition) is 6. The molecular formula is C20H22N2O6. The molecule has 1 amide bonds. The zero-order chi connectivity index (χ0) is 20.7. The molecule has 0 unspecified atom stereocenters. The molecule has 28 heavy (non-hydrogen) atoms. The molecule has 0 saturated carbocycles. The summed E-state index contributed by atoms with van der Waals surface area (Å²) in [5, 5.41) is 13.3. The number of rotatable bonds is 8. The fraction of sp³-hybridized carbons (Fsp3) is 0.250. The maximum atomic E-state index is 12.2. The predicted octanol–water partition coefficient (Wildman–Crippen LogP) is 2.95. The first-order chi connectivity index (χ1) is 13.4. The van der Waals surface area contributed by atoms with Gasteiger partial charge in [-0.1, -0.05) is 0 Å². The molecule has 0 heterocycles. The van der Waals surface area contributed by atoms with E-state index in [1.54, 1.807) is 30.3 Å². The lowest BCUT2D eigenvalue weighted by Crippen LogP contribution is -2.18. The standard InChI is InChI=1S/C20H22N2O6/c1-12(2)28-15-8-5-13(6-9-15)19(23)22-21-11-14-7-10-16(26-3)18(27-4)17(14)20(24)25/h5-12H,1-4H3,(H,22,23)(H,24,25)/b21-11-. The molecule has 8 nitrogen and oxygen atoms in total. The number of carboxylic acids is 1. The van der Waals surface area contributed by atoms with Crippen LogP contribution >= 0.6 is 0 Å². The van der Waals surface area contributed by atoms with Crippen molar-refractivity contribution in [1.29, 1.82) is 0 Å². The Balaban J connectivity index is 2.16. The molecule has 2 aromatic carbocycles. The number of hydrogen-bond donors (Lipinski definition) is 2. The number of nitrogens with one attached hydrogen (secondary N) is 1. The third-order valence-corrected chi connectivity index (χ3v) is 3.65. The molecule has 0 bridgehead atoms. The van der Waals surface area contributed by atoms with Crippen LogP contribution < -0.4 is 19.6 Å². The molecule has 2 aromatic rings. The third-order valence-electron chi connectivity index (χ3n) is 3.65. The lowest BCUT2D eigenvalue weighted by Gasteiger charge is -2.12. The Hall–Kier alpha value is -3.55. The Morgan fingerprint density at radius 2 is 1.75 bits per heavy atom. The number of carbonyl (C=O) groups is 2.